The van der Waals surface area contributed by atoms with Gasteiger partial charge in [-0.15, -0.1) is 6.58 Å². The van der Waals surface area contributed by atoms with Gasteiger partial charge in [-0.2, -0.15) is 5.26 Å². The van der Waals surface area contributed by atoms with Crippen LogP contribution in [-0.2, 0) is 0 Å². The highest BCUT2D eigenvalue weighted by Gasteiger charge is 2.10. The standard InChI is InChI=1S/C12H13FN2/c1-3-6-15-12(8-14)10-5-4-9(2)11(13)7-10/h3-5,7,12,15H,1,6H2,2H3. The third-order valence-electron chi connectivity index (χ3n) is 2.12. The van der Waals surface area contributed by atoms with Gasteiger partial charge in [0.1, 0.15) is 11.9 Å². The fraction of sp³-hybridized carbons (Fsp3) is 0.250. The van der Waals surface area contributed by atoms with Crippen LogP contribution in [0.2, 0.25) is 0 Å². The molecular weight excluding hydrogens is 191 g/mol. The maximum atomic E-state index is 13.2. The van der Waals surface area contributed by atoms with Crippen LogP contribution in [0.1, 0.15) is 17.2 Å². The molecule has 0 saturated carbocycles. The zero-order valence-electron chi connectivity index (χ0n) is 8.63. The molecule has 1 unspecified atom stereocenters. The summed E-state index contributed by atoms with van der Waals surface area (Å²) in [6.45, 7) is 5.76. The lowest BCUT2D eigenvalue weighted by Crippen LogP contribution is -2.19. The second-order valence-electron chi connectivity index (χ2n) is 3.27. The van der Waals surface area contributed by atoms with Crippen molar-refractivity contribution in [3.63, 3.8) is 0 Å². The van der Waals surface area contributed by atoms with E-state index in [1.54, 1.807) is 25.1 Å². The van der Waals surface area contributed by atoms with Gasteiger partial charge in [-0.05, 0) is 24.1 Å². The lowest BCUT2D eigenvalue weighted by molar-refractivity contribution is 0.608. The van der Waals surface area contributed by atoms with Gasteiger partial charge in [0.2, 0.25) is 0 Å². The van der Waals surface area contributed by atoms with Crippen molar-refractivity contribution in [2.45, 2.75) is 13.0 Å². The van der Waals surface area contributed by atoms with Crippen LogP contribution in [0.15, 0.2) is 30.9 Å². The summed E-state index contributed by atoms with van der Waals surface area (Å²) in [4.78, 5) is 0. The van der Waals surface area contributed by atoms with Gasteiger partial charge in [-0.3, -0.25) is 5.32 Å². The predicted octanol–water partition coefficient (Wildman–Crippen LogP) is 2.47. The van der Waals surface area contributed by atoms with Crippen molar-refractivity contribution in [3.8, 4) is 6.07 Å². The molecule has 0 aliphatic carbocycles. The topological polar surface area (TPSA) is 35.8 Å². The van der Waals surface area contributed by atoms with E-state index in [1.165, 1.54) is 6.07 Å². The molecule has 0 aliphatic rings. The van der Waals surface area contributed by atoms with Gasteiger partial charge in [0.05, 0.1) is 6.07 Å². The molecule has 1 N–H and O–H groups in total. The minimum atomic E-state index is -0.488. The molecule has 1 aromatic carbocycles. The highest BCUT2D eigenvalue weighted by atomic mass is 19.1. The number of hydrogen-bond acceptors (Lipinski definition) is 2. The Bertz CT molecular complexity index is 393. The smallest absolute Gasteiger partial charge is 0.126 e. The van der Waals surface area contributed by atoms with Gasteiger partial charge in [0, 0.05) is 6.54 Å². The van der Waals surface area contributed by atoms with Crippen LogP contribution in [-0.4, -0.2) is 6.54 Å². The van der Waals surface area contributed by atoms with E-state index in [2.05, 4.69) is 18.0 Å². The Morgan fingerprint density at radius 2 is 2.40 bits per heavy atom. The zero-order valence-corrected chi connectivity index (χ0v) is 8.63. The van der Waals surface area contributed by atoms with Crippen molar-refractivity contribution in [3.05, 3.63) is 47.8 Å². The van der Waals surface area contributed by atoms with Gasteiger partial charge in [-0.25, -0.2) is 4.39 Å². The Labute approximate surface area is 89.0 Å². The minimum Gasteiger partial charge on any atom is -0.295 e. The lowest BCUT2D eigenvalue weighted by Gasteiger charge is -2.10. The van der Waals surface area contributed by atoms with Crippen LogP contribution in [0, 0.1) is 24.1 Å². The Balaban J connectivity index is 2.88. The van der Waals surface area contributed by atoms with E-state index in [4.69, 9.17) is 5.26 Å². The molecule has 1 atom stereocenters. The van der Waals surface area contributed by atoms with Gasteiger partial charge in [0.15, 0.2) is 0 Å². The van der Waals surface area contributed by atoms with Crippen LogP contribution in [0.4, 0.5) is 4.39 Å². The van der Waals surface area contributed by atoms with Gasteiger partial charge in [0.25, 0.3) is 0 Å². The molecule has 2 nitrogen and oxygen atoms in total. The zero-order chi connectivity index (χ0) is 11.3. The molecule has 0 fully saturated rings. The maximum absolute atomic E-state index is 13.2. The average Bonchev–Trinajstić information content (AvgIpc) is 2.24. The van der Waals surface area contributed by atoms with Crippen molar-refractivity contribution < 1.29 is 4.39 Å². The third-order valence-corrected chi connectivity index (χ3v) is 2.12. The Hall–Kier alpha value is -1.66. The maximum Gasteiger partial charge on any atom is 0.126 e. The van der Waals surface area contributed by atoms with Crippen LogP contribution >= 0.6 is 0 Å². The Morgan fingerprint density at radius 3 is 2.93 bits per heavy atom. The van der Waals surface area contributed by atoms with Crippen molar-refractivity contribution in [1.82, 2.24) is 5.32 Å². The number of benzene rings is 1. The van der Waals surface area contributed by atoms with E-state index in [1.807, 2.05) is 0 Å². The molecular formula is C12H13FN2. The van der Waals surface area contributed by atoms with Crippen molar-refractivity contribution in [2.75, 3.05) is 6.54 Å². The number of hydrogen-bond donors (Lipinski definition) is 1. The molecule has 0 radical (unpaired) electrons. The molecule has 0 heterocycles. The Morgan fingerprint density at radius 1 is 1.67 bits per heavy atom. The normalized spacial score (nSPS) is 11.8. The summed E-state index contributed by atoms with van der Waals surface area (Å²) in [5.41, 5.74) is 1.22. The minimum absolute atomic E-state index is 0.284. The fourth-order valence-corrected chi connectivity index (χ4v) is 1.23. The van der Waals surface area contributed by atoms with Crippen LogP contribution in [0.5, 0.6) is 0 Å². The molecule has 0 spiro atoms. The number of nitrogens with zero attached hydrogens (tertiary/aromatic N) is 1. The van der Waals surface area contributed by atoms with Gasteiger partial charge >= 0.3 is 0 Å². The molecule has 78 valence electrons. The summed E-state index contributed by atoms with van der Waals surface area (Å²) in [7, 11) is 0. The quantitative estimate of drug-likeness (QED) is 0.765. The van der Waals surface area contributed by atoms with E-state index in [0.717, 1.165) is 0 Å². The van der Waals surface area contributed by atoms with E-state index >= 15 is 0 Å². The number of nitriles is 1. The molecule has 0 bridgehead atoms. The van der Waals surface area contributed by atoms with E-state index in [0.29, 0.717) is 17.7 Å². The third kappa shape index (κ3) is 2.90. The van der Waals surface area contributed by atoms with E-state index in [-0.39, 0.29) is 5.82 Å². The molecule has 0 aliphatic heterocycles. The summed E-state index contributed by atoms with van der Waals surface area (Å²) in [6, 6.07) is 6.40. The average molecular weight is 204 g/mol. The molecule has 0 aromatic heterocycles. The number of nitrogens with one attached hydrogen (secondary N) is 1. The SMILES string of the molecule is C=CCNC(C#N)c1ccc(C)c(F)c1. The van der Waals surface area contributed by atoms with Crippen molar-refractivity contribution in [1.29, 1.82) is 5.26 Å². The largest absolute Gasteiger partial charge is 0.295 e. The second-order valence-corrected chi connectivity index (χ2v) is 3.27. The highest BCUT2D eigenvalue weighted by Crippen LogP contribution is 2.15. The van der Waals surface area contributed by atoms with E-state index < -0.39 is 6.04 Å². The first-order valence-electron chi connectivity index (χ1n) is 4.69. The predicted molar refractivity (Wildman–Crippen MR) is 57.7 cm³/mol. The number of rotatable bonds is 4. The summed E-state index contributed by atoms with van der Waals surface area (Å²) in [5.74, 6) is -0.284. The van der Waals surface area contributed by atoms with Crippen molar-refractivity contribution >= 4 is 0 Å². The first-order valence-corrected chi connectivity index (χ1v) is 4.69. The molecule has 3 heteroatoms. The second kappa shape index (κ2) is 5.28. The summed E-state index contributed by atoms with van der Waals surface area (Å²) in [6.07, 6.45) is 1.66. The lowest BCUT2D eigenvalue weighted by atomic mass is 10.1. The van der Waals surface area contributed by atoms with E-state index in [9.17, 15) is 4.39 Å². The molecule has 15 heavy (non-hydrogen) atoms. The molecule has 0 saturated heterocycles. The fourth-order valence-electron chi connectivity index (χ4n) is 1.23. The number of aryl methyl sites for hydroxylation is 1. The monoisotopic (exact) mass is 204 g/mol. The first kappa shape index (κ1) is 11.4. The van der Waals surface area contributed by atoms with Crippen molar-refractivity contribution in [2.24, 2.45) is 0 Å². The van der Waals surface area contributed by atoms with Crippen LogP contribution in [0.3, 0.4) is 0 Å². The molecule has 1 rings (SSSR count). The van der Waals surface area contributed by atoms with Gasteiger partial charge < -0.3 is 0 Å². The summed E-state index contributed by atoms with van der Waals surface area (Å²) < 4.78 is 13.2. The van der Waals surface area contributed by atoms with Crippen LogP contribution in [0.25, 0.3) is 0 Å². The van der Waals surface area contributed by atoms with Crippen LogP contribution < -0.4 is 5.32 Å². The van der Waals surface area contributed by atoms with Gasteiger partial charge in [-0.1, -0.05) is 18.2 Å². The summed E-state index contributed by atoms with van der Waals surface area (Å²) >= 11 is 0. The highest BCUT2D eigenvalue weighted by molar-refractivity contribution is 5.29. The molecule has 0 amide bonds. The summed E-state index contributed by atoms with van der Waals surface area (Å²) in [5, 5.41) is 11.8. The number of halogens is 1. The first-order chi connectivity index (χ1) is 7.19. The Kier molecular flexibility index (Phi) is 4.02. The molecule has 1 aromatic rings.